The Bertz CT molecular complexity index is 743. The molecule has 2 aromatic rings. The molecule has 1 aliphatic heterocycles. The summed E-state index contributed by atoms with van der Waals surface area (Å²) in [5.74, 6) is -0.735. The molecule has 0 N–H and O–H groups in total. The van der Waals surface area contributed by atoms with Crippen molar-refractivity contribution in [3.05, 3.63) is 59.4 Å². The van der Waals surface area contributed by atoms with Gasteiger partial charge in [-0.3, -0.25) is 4.79 Å². The summed E-state index contributed by atoms with van der Waals surface area (Å²) in [5.41, 5.74) is 2.49. The molecular formula is C18H18N2O3. The van der Waals surface area contributed by atoms with Crippen molar-refractivity contribution < 1.29 is 14.3 Å². The Morgan fingerprint density at radius 3 is 2.65 bits per heavy atom. The van der Waals surface area contributed by atoms with Crippen molar-refractivity contribution in [2.45, 2.75) is 19.3 Å². The smallest absolute Gasteiger partial charge is 0.356 e. The third-order valence-electron chi connectivity index (χ3n) is 3.97. The third-order valence-corrected chi connectivity index (χ3v) is 3.97. The molecule has 1 aromatic heterocycles. The molecule has 0 bridgehead atoms. The van der Waals surface area contributed by atoms with E-state index in [2.05, 4.69) is 15.8 Å². The zero-order valence-corrected chi connectivity index (χ0v) is 13.0. The van der Waals surface area contributed by atoms with E-state index in [0.29, 0.717) is 6.54 Å². The van der Waals surface area contributed by atoms with Crippen LogP contribution in [0.15, 0.2) is 42.5 Å². The van der Waals surface area contributed by atoms with Gasteiger partial charge < -0.3 is 9.64 Å². The summed E-state index contributed by atoms with van der Waals surface area (Å²) >= 11 is 0. The van der Waals surface area contributed by atoms with Crippen molar-refractivity contribution in [3.8, 4) is 0 Å². The topological polar surface area (TPSA) is 59.5 Å². The fraction of sp³-hybridized carbons (Fsp3) is 0.278. The third kappa shape index (κ3) is 3.08. The number of aromatic nitrogens is 1. The van der Waals surface area contributed by atoms with Crippen molar-refractivity contribution in [2.24, 2.45) is 0 Å². The molecule has 2 heterocycles. The maximum atomic E-state index is 12.9. The number of anilines is 1. The van der Waals surface area contributed by atoms with Crippen LogP contribution in [0.5, 0.6) is 0 Å². The zero-order chi connectivity index (χ0) is 16.2. The average Bonchev–Trinajstić information content (AvgIpc) is 2.83. The average molecular weight is 310 g/mol. The van der Waals surface area contributed by atoms with E-state index in [4.69, 9.17) is 0 Å². The van der Waals surface area contributed by atoms with Crippen molar-refractivity contribution in [2.75, 3.05) is 18.6 Å². The number of methoxy groups -OCH3 is 1. The number of para-hydroxylation sites is 1. The lowest BCUT2D eigenvalue weighted by atomic mass is 10.1. The normalized spacial score (nSPS) is 13.9. The van der Waals surface area contributed by atoms with Crippen LogP contribution in [-0.2, 0) is 11.2 Å². The van der Waals surface area contributed by atoms with Crippen LogP contribution in [-0.4, -0.2) is 30.5 Å². The molecule has 5 nitrogen and oxygen atoms in total. The number of ether oxygens (including phenoxy) is 1. The van der Waals surface area contributed by atoms with Gasteiger partial charge in [0.2, 0.25) is 0 Å². The molecule has 0 radical (unpaired) electrons. The minimum absolute atomic E-state index is 0.140. The summed E-state index contributed by atoms with van der Waals surface area (Å²) in [6.45, 7) is 0.653. The highest BCUT2D eigenvalue weighted by atomic mass is 16.5. The highest BCUT2D eigenvalue weighted by Crippen LogP contribution is 2.27. The molecule has 3 rings (SSSR count). The fourth-order valence-electron chi connectivity index (χ4n) is 2.81. The first-order chi connectivity index (χ1) is 11.2. The lowest BCUT2D eigenvalue weighted by Gasteiger charge is -2.22. The number of carbonyl (C=O) groups excluding carboxylic acids is 2. The van der Waals surface area contributed by atoms with Crippen LogP contribution in [0.2, 0.25) is 0 Å². The number of rotatable bonds is 2. The number of aryl methyl sites for hydroxylation is 1. The Morgan fingerprint density at radius 2 is 1.83 bits per heavy atom. The fourth-order valence-corrected chi connectivity index (χ4v) is 2.81. The molecule has 0 saturated carbocycles. The van der Waals surface area contributed by atoms with Gasteiger partial charge in [-0.05, 0) is 43.0 Å². The molecule has 0 spiro atoms. The molecule has 0 unspecified atom stereocenters. The van der Waals surface area contributed by atoms with Crippen molar-refractivity contribution in [1.82, 2.24) is 4.98 Å². The van der Waals surface area contributed by atoms with Crippen molar-refractivity contribution in [3.63, 3.8) is 0 Å². The molecule has 1 aliphatic rings. The number of benzene rings is 1. The summed E-state index contributed by atoms with van der Waals surface area (Å²) in [4.78, 5) is 30.4. The summed E-state index contributed by atoms with van der Waals surface area (Å²) in [6, 6.07) is 12.8. The maximum absolute atomic E-state index is 12.9. The first-order valence-corrected chi connectivity index (χ1v) is 7.66. The van der Waals surface area contributed by atoms with Gasteiger partial charge in [0.05, 0.1) is 7.11 Å². The van der Waals surface area contributed by atoms with E-state index < -0.39 is 5.97 Å². The number of pyridine rings is 1. The second-order valence-corrected chi connectivity index (χ2v) is 5.44. The SMILES string of the molecule is COC(=O)c1cccc(C(=O)N2CCCCc3ccccc32)n1. The lowest BCUT2D eigenvalue weighted by Crippen LogP contribution is -2.32. The summed E-state index contributed by atoms with van der Waals surface area (Å²) in [7, 11) is 1.30. The Morgan fingerprint density at radius 1 is 1.04 bits per heavy atom. The molecule has 1 amide bonds. The van der Waals surface area contributed by atoms with Crippen LogP contribution in [0.4, 0.5) is 5.69 Å². The Balaban J connectivity index is 1.96. The molecule has 118 valence electrons. The molecule has 0 fully saturated rings. The van der Waals surface area contributed by atoms with Gasteiger partial charge in [-0.2, -0.15) is 0 Å². The van der Waals surface area contributed by atoms with Gasteiger partial charge in [-0.25, -0.2) is 9.78 Å². The van der Waals surface area contributed by atoms with Crippen LogP contribution in [0.1, 0.15) is 39.4 Å². The van der Waals surface area contributed by atoms with Gasteiger partial charge in [0, 0.05) is 12.2 Å². The Hall–Kier alpha value is -2.69. The Labute approximate surface area is 134 Å². The van der Waals surface area contributed by atoms with E-state index >= 15 is 0 Å². The first-order valence-electron chi connectivity index (χ1n) is 7.66. The maximum Gasteiger partial charge on any atom is 0.356 e. The standard InChI is InChI=1S/C18H18N2O3/c1-23-18(22)15-10-6-9-14(19-15)17(21)20-12-5-4-8-13-7-2-3-11-16(13)20/h2-3,6-7,9-11H,4-5,8,12H2,1H3. The van der Waals surface area contributed by atoms with Crippen LogP contribution in [0, 0.1) is 0 Å². The number of hydrogen-bond donors (Lipinski definition) is 0. The molecule has 0 saturated heterocycles. The van der Waals surface area contributed by atoms with Gasteiger partial charge in [-0.15, -0.1) is 0 Å². The second-order valence-electron chi connectivity index (χ2n) is 5.44. The van der Waals surface area contributed by atoms with Gasteiger partial charge in [0.15, 0.2) is 0 Å². The van der Waals surface area contributed by atoms with Crippen molar-refractivity contribution >= 4 is 17.6 Å². The molecule has 1 aromatic carbocycles. The number of nitrogens with zero attached hydrogens (tertiary/aromatic N) is 2. The first kappa shape index (κ1) is 15.2. The van der Waals surface area contributed by atoms with E-state index in [1.165, 1.54) is 12.7 Å². The predicted octanol–water partition coefficient (Wildman–Crippen LogP) is 2.85. The number of hydrogen-bond acceptors (Lipinski definition) is 4. The number of fused-ring (bicyclic) bond motifs is 1. The predicted molar refractivity (Wildman–Crippen MR) is 86.6 cm³/mol. The van der Waals surface area contributed by atoms with Crippen LogP contribution in [0.3, 0.4) is 0 Å². The number of carbonyl (C=O) groups is 2. The molecular weight excluding hydrogens is 292 g/mol. The highest BCUT2D eigenvalue weighted by molar-refractivity contribution is 6.05. The van der Waals surface area contributed by atoms with Gasteiger partial charge >= 0.3 is 5.97 Å². The molecule has 0 atom stereocenters. The van der Waals surface area contributed by atoms with Gasteiger partial charge in [0.25, 0.3) is 5.91 Å². The monoisotopic (exact) mass is 310 g/mol. The minimum atomic E-state index is -0.545. The molecule has 23 heavy (non-hydrogen) atoms. The van der Waals surface area contributed by atoms with Crippen molar-refractivity contribution in [1.29, 1.82) is 0 Å². The number of esters is 1. The second kappa shape index (κ2) is 6.60. The van der Waals surface area contributed by atoms with Crippen LogP contribution < -0.4 is 4.90 Å². The van der Waals surface area contributed by atoms with E-state index in [-0.39, 0.29) is 17.3 Å². The zero-order valence-electron chi connectivity index (χ0n) is 13.0. The summed E-state index contributed by atoms with van der Waals surface area (Å²) in [6.07, 6.45) is 2.96. The quantitative estimate of drug-likeness (QED) is 0.800. The van der Waals surface area contributed by atoms with E-state index in [0.717, 1.165) is 24.9 Å². The summed E-state index contributed by atoms with van der Waals surface area (Å²) in [5, 5.41) is 0. The minimum Gasteiger partial charge on any atom is -0.464 e. The van der Waals surface area contributed by atoms with Gasteiger partial charge in [-0.1, -0.05) is 24.3 Å². The van der Waals surface area contributed by atoms with E-state index in [1.807, 2.05) is 18.2 Å². The summed E-state index contributed by atoms with van der Waals surface area (Å²) < 4.78 is 4.67. The van der Waals surface area contributed by atoms with Crippen LogP contribution >= 0.6 is 0 Å². The largest absolute Gasteiger partial charge is 0.464 e. The lowest BCUT2D eigenvalue weighted by molar-refractivity contribution is 0.0594. The molecule has 5 heteroatoms. The molecule has 0 aliphatic carbocycles. The highest BCUT2D eigenvalue weighted by Gasteiger charge is 2.23. The Kier molecular flexibility index (Phi) is 4.37. The van der Waals surface area contributed by atoms with Crippen LogP contribution in [0.25, 0.3) is 0 Å². The van der Waals surface area contributed by atoms with Gasteiger partial charge in [0.1, 0.15) is 11.4 Å². The van der Waals surface area contributed by atoms with E-state index in [9.17, 15) is 9.59 Å². The number of amides is 1. The van der Waals surface area contributed by atoms with E-state index in [1.54, 1.807) is 23.1 Å².